The molecule has 0 N–H and O–H groups in total. The highest BCUT2D eigenvalue weighted by Crippen LogP contribution is 2.00. The number of alkyl halides is 2. The summed E-state index contributed by atoms with van der Waals surface area (Å²) in [6.45, 7) is 3.92. The molecule has 10 heavy (non-hydrogen) atoms. The van der Waals surface area contributed by atoms with Gasteiger partial charge in [-0.1, -0.05) is 23.8 Å². The van der Waals surface area contributed by atoms with Gasteiger partial charge in [-0.2, -0.15) is 0 Å². The van der Waals surface area contributed by atoms with Gasteiger partial charge in [0.05, 0.1) is 0 Å². The van der Waals surface area contributed by atoms with Crippen LogP contribution < -0.4 is 0 Å². The van der Waals surface area contributed by atoms with Crippen LogP contribution in [0.2, 0.25) is 0 Å². The predicted molar refractivity (Wildman–Crippen MR) is 48.9 cm³/mol. The van der Waals surface area contributed by atoms with Crippen LogP contribution >= 0.6 is 23.2 Å². The van der Waals surface area contributed by atoms with Gasteiger partial charge in [0.25, 0.3) is 0 Å². The lowest BCUT2D eigenvalue weighted by molar-refractivity contribution is 1.22. The average Bonchev–Trinajstić information content (AvgIpc) is 1.85. The molecular formula is C8H12Cl2. The summed E-state index contributed by atoms with van der Waals surface area (Å²) < 4.78 is 0. The molecule has 0 rings (SSSR count). The molecule has 0 radical (unpaired) electrons. The number of hydrogen-bond donors (Lipinski definition) is 0. The average molecular weight is 179 g/mol. The van der Waals surface area contributed by atoms with Gasteiger partial charge in [-0.15, -0.1) is 23.2 Å². The summed E-state index contributed by atoms with van der Waals surface area (Å²) in [6.07, 6.45) is 5.84. The van der Waals surface area contributed by atoms with Crippen molar-refractivity contribution in [3.05, 3.63) is 23.8 Å². The standard InChI is InChI=1S/C8H12Cl2/c1-7(5-6-9)3-4-8(2)10/h3-5,8H,6H2,1-2H3/b4-3-,7-5-. The molecular weight excluding hydrogens is 167 g/mol. The number of halogens is 2. The number of allylic oxidation sites excluding steroid dienone is 4. The van der Waals surface area contributed by atoms with Crippen molar-refractivity contribution in [3.8, 4) is 0 Å². The Bertz CT molecular complexity index is 134. The SMILES string of the molecule is CC(/C=C\C(C)Cl)=C/CCl. The number of rotatable bonds is 3. The van der Waals surface area contributed by atoms with E-state index in [-0.39, 0.29) is 5.38 Å². The second kappa shape index (κ2) is 5.82. The van der Waals surface area contributed by atoms with Gasteiger partial charge >= 0.3 is 0 Å². The van der Waals surface area contributed by atoms with E-state index in [1.807, 2.05) is 32.1 Å². The fraction of sp³-hybridized carbons (Fsp3) is 0.500. The molecule has 0 heterocycles. The van der Waals surface area contributed by atoms with Gasteiger partial charge in [0.1, 0.15) is 0 Å². The van der Waals surface area contributed by atoms with Crippen LogP contribution in [0.1, 0.15) is 13.8 Å². The first-order chi connectivity index (χ1) is 4.66. The van der Waals surface area contributed by atoms with Crippen molar-refractivity contribution < 1.29 is 0 Å². The molecule has 1 unspecified atom stereocenters. The molecule has 58 valence electrons. The Kier molecular flexibility index (Phi) is 5.85. The smallest absolute Gasteiger partial charge is 0.0490 e. The van der Waals surface area contributed by atoms with Crippen molar-refractivity contribution in [2.75, 3.05) is 5.88 Å². The zero-order valence-electron chi connectivity index (χ0n) is 6.27. The van der Waals surface area contributed by atoms with Crippen molar-refractivity contribution in [1.82, 2.24) is 0 Å². The van der Waals surface area contributed by atoms with Crippen LogP contribution in [0.3, 0.4) is 0 Å². The Labute approximate surface area is 72.5 Å². The minimum absolute atomic E-state index is 0.0960. The maximum absolute atomic E-state index is 5.67. The zero-order chi connectivity index (χ0) is 7.98. The highest BCUT2D eigenvalue weighted by atomic mass is 35.5. The van der Waals surface area contributed by atoms with Gasteiger partial charge in [0.2, 0.25) is 0 Å². The lowest BCUT2D eigenvalue weighted by Crippen LogP contribution is -1.81. The van der Waals surface area contributed by atoms with Gasteiger partial charge in [-0.25, -0.2) is 0 Å². The fourth-order valence-corrected chi connectivity index (χ4v) is 0.790. The van der Waals surface area contributed by atoms with Gasteiger partial charge in [0.15, 0.2) is 0 Å². The maximum atomic E-state index is 5.67. The van der Waals surface area contributed by atoms with E-state index in [1.165, 1.54) is 0 Å². The first-order valence-electron chi connectivity index (χ1n) is 3.22. The second-order valence-corrected chi connectivity index (χ2v) is 3.14. The normalized spacial score (nSPS) is 16.2. The minimum Gasteiger partial charge on any atom is -0.122 e. The lowest BCUT2D eigenvalue weighted by Gasteiger charge is -1.91. The summed E-state index contributed by atoms with van der Waals surface area (Å²) in [5, 5.41) is 0.0960. The molecule has 0 aliphatic carbocycles. The third kappa shape index (κ3) is 6.18. The van der Waals surface area contributed by atoms with E-state index in [0.29, 0.717) is 5.88 Å². The van der Waals surface area contributed by atoms with E-state index in [4.69, 9.17) is 23.2 Å². The minimum atomic E-state index is 0.0960. The van der Waals surface area contributed by atoms with Crippen LogP contribution in [0, 0.1) is 0 Å². The summed E-state index contributed by atoms with van der Waals surface area (Å²) in [6, 6.07) is 0. The molecule has 0 bridgehead atoms. The van der Waals surface area contributed by atoms with E-state index in [9.17, 15) is 0 Å². The molecule has 0 aliphatic rings. The molecule has 0 saturated heterocycles. The number of hydrogen-bond acceptors (Lipinski definition) is 0. The molecule has 0 nitrogen and oxygen atoms in total. The highest BCUT2D eigenvalue weighted by Gasteiger charge is 1.85. The van der Waals surface area contributed by atoms with Crippen molar-refractivity contribution >= 4 is 23.2 Å². The first-order valence-corrected chi connectivity index (χ1v) is 4.19. The largest absolute Gasteiger partial charge is 0.122 e. The summed E-state index contributed by atoms with van der Waals surface area (Å²) in [7, 11) is 0. The van der Waals surface area contributed by atoms with E-state index >= 15 is 0 Å². The molecule has 0 amide bonds. The van der Waals surface area contributed by atoms with Crippen LogP contribution in [0.5, 0.6) is 0 Å². The van der Waals surface area contributed by atoms with E-state index in [2.05, 4.69) is 0 Å². The van der Waals surface area contributed by atoms with Crippen LogP contribution in [-0.4, -0.2) is 11.3 Å². The molecule has 0 fully saturated rings. The van der Waals surface area contributed by atoms with Crippen molar-refractivity contribution in [2.45, 2.75) is 19.2 Å². The molecule has 0 saturated carbocycles. The summed E-state index contributed by atoms with van der Waals surface area (Å²) >= 11 is 11.1. The summed E-state index contributed by atoms with van der Waals surface area (Å²) in [5.41, 5.74) is 1.16. The van der Waals surface area contributed by atoms with Gasteiger partial charge < -0.3 is 0 Å². The Balaban J connectivity index is 3.77. The summed E-state index contributed by atoms with van der Waals surface area (Å²) in [5.74, 6) is 0.562. The van der Waals surface area contributed by atoms with Gasteiger partial charge in [-0.05, 0) is 13.8 Å². The molecule has 0 aliphatic heterocycles. The van der Waals surface area contributed by atoms with Crippen molar-refractivity contribution in [3.63, 3.8) is 0 Å². The topological polar surface area (TPSA) is 0 Å². The molecule has 0 aromatic rings. The quantitative estimate of drug-likeness (QED) is 0.460. The Morgan fingerprint density at radius 3 is 2.60 bits per heavy atom. The zero-order valence-corrected chi connectivity index (χ0v) is 7.78. The monoisotopic (exact) mass is 178 g/mol. The maximum Gasteiger partial charge on any atom is 0.0490 e. The molecule has 0 spiro atoms. The Morgan fingerprint density at radius 2 is 2.20 bits per heavy atom. The van der Waals surface area contributed by atoms with Crippen molar-refractivity contribution in [1.29, 1.82) is 0 Å². The third-order valence-corrected chi connectivity index (χ3v) is 1.32. The fourth-order valence-electron chi connectivity index (χ4n) is 0.474. The predicted octanol–water partition coefficient (Wildman–Crippen LogP) is 3.36. The third-order valence-electron chi connectivity index (χ3n) is 1.02. The first kappa shape index (κ1) is 10.1. The van der Waals surface area contributed by atoms with E-state index < -0.39 is 0 Å². The second-order valence-electron chi connectivity index (χ2n) is 2.14. The van der Waals surface area contributed by atoms with Gasteiger partial charge in [-0.3, -0.25) is 0 Å². The Morgan fingerprint density at radius 1 is 1.60 bits per heavy atom. The van der Waals surface area contributed by atoms with Crippen LogP contribution in [0.25, 0.3) is 0 Å². The summed E-state index contributed by atoms with van der Waals surface area (Å²) in [4.78, 5) is 0. The van der Waals surface area contributed by atoms with Crippen LogP contribution in [0.4, 0.5) is 0 Å². The Hall–Kier alpha value is 0.0600. The van der Waals surface area contributed by atoms with Crippen LogP contribution in [-0.2, 0) is 0 Å². The molecule has 1 atom stereocenters. The molecule has 0 aromatic heterocycles. The molecule has 0 aromatic carbocycles. The highest BCUT2D eigenvalue weighted by molar-refractivity contribution is 6.21. The van der Waals surface area contributed by atoms with E-state index in [0.717, 1.165) is 5.57 Å². The lowest BCUT2D eigenvalue weighted by atomic mass is 10.2. The van der Waals surface area contributed by atoms with Crippen LogP contribution in [0.15, 0.2) is 23.8 Å². The van der Waals surface area contributed by atoms with Crippen molar-refractivity contribution in [2.24, 2.45) is 0 Å². The van der Waals surface area contributed by atoms with Gasteiger partial charge in [0, 0.05) is 11.3 Å². The molecule has 2 heteroatoms. The van der Waals surface area contributed by atoms with E-state index in [1.54, 1.807) is 0 Å².